The largest absolute Gasteiger partial charge is 0.573 e. The quantitative estimate of drug-likeness (QED) is 0.188. The summed E-state index contributed by atoms with van der Waals surface area (Å²) in [7, 11) is 0. The maximum absolute atomic E-state index is 12.3. The predicted molar refractivity (Wildman–Crippen MR) is 125 cm³/mol. The normalized spacial score (nSPS) is 11.7. The van der Waals surface area contributed by atoms with Crippen LogP contribution in [-0.4, -0.2) is 40.2 Å². The molecule has 0 amide bonds. The Kier molecular flexibility index (Phi) is 12.3. The molecule has 1 aromatic heterocycles. The summed E-state index contributed by atoms with van der Waals surface area (Å²) in [6, 6.07) is 5.73. The zero-order valence-electron chi connectivity index (χ0n) is 17.8. The van der Waals surface area contributed by atoms with E-state index in [0.717, 1.165) is 43.6 Å². The predicted octanol–water partition coefficient (Wildman–Crippen LogP) is 4.28. The number of nitrogens with one attached hydrogen (secondary N) is 2. The van der Waals surface area contributed by atoms with Crippen LogP contribution in [0.2, 0.25) is 0 Å². The number of unbranched alkanes of at least 4 members (excludes halogenated alkanes) is 2. The lowest BCUT2D eigenvalue weighted by molar-refractivity contribution is -0.274. The molecule has 0 fully saturated rings. The minimum absolute atomic E-state index is 0. The van der Waals surface area contributed by atoms with E-state index in [2.05, 4.69) is 37.5 Å². The van der Waals surface area contributed by atoms with Crippen molar-refractivity contribution in [2.24, 2.45) is 4.99 Å². The summed E-state index contributed by atoms with van der Waals surface area (Å²) in [5.41, 5.74) is 0.784. The van der Waals surface area contributed by atoms with Gasteiger partial charge in [-0.1, -0.05) is 38.8 Å². The monoisotopic (exact) mass is 554 g/mol. The second-order valence-corrected chi connectivity index (χ2v) is 6.71. The molecule has 11 heteroatoms. The number of benzene rings is 1. The highest BCUT2D eigenvalue weighted by atomic mass is 127. The van der Waals surface area contributed by atoms with Crippen LogP contribution >= 0.6 is 24.0 Å². The third-order valence-corrected chi connectivity index (χ3v) is 4.31. The number of hydrogen-bond acceptors (Lipinski definition) is 4. The molecule has 2 N–H and O–H groups in total. The first-order valence-corrected chi connectivity index (χ1v) is 10.1. The van der Waals surface area contributed by atoms with Gasteiger partial charge in [0.05, 0.1) is 6.54 Å². The first kappa shape index (κ1) is 27.0. The number of hydrogen-bond donors (Lipinski definition) is 2. The van der Waals surface area contributed by atoms with E-state index in [0.29, 0.717) is 25.6 Å². The van der Waals surface area contributed by atoms with Gasteiger partial charge in [-0.25, -0.2) is 4.99 Å². The van der Waals surface area contributed by atoms with Crippen LogP contribution in [0.3, 0.4) is 0 Å². The lowest BCUT2D eigenvalue weighted by Crippen LogP contribution is -2.39. The van der Waals surface area contributed by atoms with Crippen molar-refractivity contribution in [1.82, 2.24) is 25.4 Å². The highest BCUT2D eigenvalue weighted by molar-refractivity contribution is 14.0. The van der Waals surface area contributed by atoms with Gasteiger partial charge in [0.2, 0.25) is 0 Å². The highest BCUT2D eigenvalue weighted by Gasteiger charge is 2.30. The number of guanidine groups is 1. The molecule has 0 aliphatic carbocycles. The fourth-order valence-electron chi connectivity index (χ4n) is 2.76. The Labute approximate surface area is 197 Å². The summed E-state index contributed by atoms with van der Waals surface area (Å²) in [4.78, 5) is 4.55. The number of rotatable bonds is 11. The van der Waals surface area contributed by atoms with Crippen molar-refractivity contribution >= 4 is 29.9 Å². The summed E-state index contributed by atoms with van der Waals surface area (Å²) in [5.74, 6) is 1.34. The van der Waals surface area contributed by atoms with Crippen molar-refractivity contribution < 1.29 is 17.9 Å². The third kappa shape index (κ3) is 10.7. The molecule has 2 rings (SSSR count). The van der Waals surface area contributed by atoms with Crippen molar-refractivity contribution in [3.05, 3.63) is 42.0 Å². The van der Waals surface area contributed by atoms with Crippen molar-refractivity contribution in [2.45, 2.75) is 59.0 Å². The average Bonchev–Trinajstić information content (AvgIpc) is 3.16. The fraction of sp³-hybridized carbons (Fsp3) is 0.550. The Morgan fingerprint density at radius 3 is 2.45 bits per heavy atom. The zero-order chi connectivity index (χ0) is 21.8. The van der Waals surface area contributed by atoms with E-state index in [4.69, 9.17) is 0 Å². The molecule has 31 heavy (non-hydrogen) atoms. The standard InChI is InChI=1S/C20H29F3N6O.HI/c1-3-5-6-11-24-19(25-12-13-29-15-27-28-18(29)4-2)26-14-16-7-9-17(10-8-16)30-20(21,22)23;/h7-10,15H,3-6,11-14H2,1-2H3,(H2,24,25,26);1H. The van der Waals surface area contributed by atoms with Crippen molar-refractivity contribution in [1.29, 1.82) is 0 Å². The van der Waals surface area contributed by atoms with Gasteiger partial charge in [0.1, 0.15) is 17.9 Å². The maximum Gasteiger partial charge on any atom is 0.573 e. The van der Waals surface area contributed by atoms with Gasteiger partial charge in [-0.05, 0) is 24.1 Å². The SMILES string of the molecule is CCCCCNC(=NCc1ccc(OC(F)(F)F)cc1)NCCn1cnnc1CC.I. The van der Waals surface area contributed by atoms with Crippen molar-refractivity contribution in [3.63, 3.8) is 0 Å². The van der Waals surface area contributed by atoms with Gasteiger partial charge in [-0.15, -0.1) is 47.3 Å². The van der Waals surface area contributed by atoms with E-state index in [1.807, 2.05) is 11.5 Å². The average molecular weight is 554 g/mol. The molecule has 1 heterocycles. The Hall–Kier alpha value is -2.05. The summed E-state index contributed by atoms with van der Waals surface area (Å²) in [6.45, 7) is 6.65. The fourth-order valence-corrected chi connectivity index (χ4v) is 2.76. The number of alkyl halides is 3. The van der Waals surface area contributed by atoms with Gasteiger partial charge in [0.15, 0.2) is 5.96 Å². The third-order valence-electron chi connectivity index (χ3n) is 4.31. The molecule has 0 unspecified atom stereocenters. The Bertz CT molecular complexity index is 780. The number of aryl methyl sites for hydroxylation is 1. The molecular formula is C20H30F3IN6O. The summed E-state index contributed by atoms with van der Waals surface area (Å²) < 4.78 is 42.7. The second-order valence-electron chi connectivity index (χ2n) is 6.71. The molecule has 0 aliphatic rings. The van der Waals surface area contributed by atoms with Crippen LogP contribution in [-0.2, 0) is 19.5 Å². The van der Waals surface area contributed by atoms with Crippen LogP contribution in [0.4, 0.5) is 13.2 Å². The molecule has 174 valence electrons. The molecule has 0 radical (unpaired) electrons. The van der Waals surface area contributed by atoms with Gasteiger partial charge < -0.3 is 19.9 Å². The van der Waals surface area contributed by atoms with Crippen LogP contribution in [0.1, 0.15) is 44.5 Å². The Balaban J connectivity index is 0.00000480. The maximum atomic E-state index is 12.3. The first-order valence-electron chi connectivity index (χ1n) is 10.1. The minimum atomic E-state index is -4.69. The van der Waals surface area contributed by atoms with Gasteiger partial charge in [-0.2, -0.15) is 0 Å². The van der Waals surface area contributed by atoms with E-state index in [9.17, 15) is 13.2 Å². The molecule has 0 saturated heterocycles. The Morgan fingerprint density at radius 2 is 1.81 bits per heavy atom. The number of halogens is 4. The summed E-state index contributed by atoms with van der Waals surface area (Å²) >= 11 is 0. The van der Waals surface area contributed by atoms with Gasteiger partial charge in [0, 0.05) is 26.1 Å². The van der Waals surface area contributed by atoms with Crippen molar-refractivity contribution in [2.75, 3.05) is 13.1 Å². The second kappa shape index (κ2) is 14.1. The molecule has 7 nitrogen and oxygen atoms in total. The molecule has 0 atom stereocenters. The van der Waals surface area contributed by atoms with Gasteiger partial charge in [-0.3, -0.25) is 0 Å². The van der Waals surface area contributed by atoms with Crippen LogP contribution < -0.4 is 15.4 Å². The lowest BCUT2D eigenvalue weighted by atomic mass is 10.2. The zero-order valence-corrected chi connectivity index (χ0v) is 20.1. The Morgan fingerprint density at radius 1 is 1.10 bits per heavy atom. The minimum Gasteiger partial charge on any atom is -0.406 e. The number of aromatic nitrogens is 3. The first-order chi connectivity index (χ1) is 14.4. The molecule has 0 spiro atoms. The van der Waals surface area contributed by atoms with E-state index in [1.165, 1.54) is 12.1 Å². The van der Waals surface area contributed by atoms with Crippen LogP contribution in [0.15, 0.2) is 35.6 Å². The molecular weight excluding hydrogens is 524 g/mol. The molecule has 0 aliphatic heterocycles. The summed E-state index contributed by atoms with van der Waals surface area (Å²) in [6.07, 6.45) is 1.11. The van der Waals surface area contributed by atoms with E-state index >= 15 is 0 Å². The molecule has 2 aromatic rings. The van der Waals surface area contributed by atoms with Crippen LogP contribution in [0.25, 0.3) is 0 Å². The molecule has 0 bridgehead atoms. The van der Waals surface area contributed by atoms with Crippen molar-refractivity contribution in [3.8, 4) is 5.75 Å². The van der Waals surface area contributed by atoms with E-state index < -0.39 is 6.36 Å². The smallest absolute Gasteiger partial charge is 0.406 e. The molecule has 0 saturated carbocycles. The van der Waals surface area contributed by atoms with E-state index in [1.54, 1.807) is 18.5 Å². The van der Waals surface area contributed by atoms with Crippen LogP contribution in [0, 0.1) is 0 Å². The number of ether oxygens (including phenoxy) is 1. The topological polar surface area (TPSA) is 76.4 Å². The van der Waals surface area contributed by atoms with Gasteiger partial charge in [0.25, 0.3) is 0 Å². The van der Waals surface area contributed by atoms with E-state index in [-0.39, 0.29) is 29.7 Å². The van der Waals surface area contributed by atoms with Gasteiger partial charge >= 0.3 is 6.36 Å². The number of nitrogens with zero attached hydrogens (tertiary/aromatic N) is 4. The lowest BCUT2D eigenvalue weighted by Gasteiger charge is -2.13. The number of aliphatic imine (C=N–C) groups is 1. The van der Waals surface area contributed by atoms with Crippen LogP contribution in [0.5, 0.6) is 5.75 Å². The highest BCUT2D eigenvalue weighted by Crippen LogP contribution is 2.22. The summed E-state index contributed by atoms with van der Waals surface area (Å²) in [5, 5.41) is 14.6. The molecule has 1 aromatic carbocycles.